The molecule has 0 aromatic heterocycles. The molecule has 5 heteroatoms. The quantitative estimate of drug-likeness (QED) is 0.478. The van der Waals surface area contributed by atoms with Crippen molar-refractivity contribution in [1.82, 2.24) is 0 Å². The second-order valence-corrected chi connectivity index (χ2v) is 5.58. The van der Waals surface area contributed by atoms with Crippen molar-refractivity contribution in [2.24, 2.45) is 0 Å². The summed E-state index contributed by atoms with van der Waals surface area (Å²) in [5.74, 6) is 0.828. The minimum absolute atomic E-state index is 0.195. The molecule has 0 fully saturated rings. The Kier molecular flexibility index (Phi) is 7.68. The van der Waals surface area contributed by atoms with Crippen molar-refractivity contribution in [1.29, 1.82) is 0 Å². The highest BCUT2D eigenvalue weighted by Crippen LogP contribution is 2.19. The molecule has 2 rings (SSSR count). The van der Waals surface area contributed by atoms with Gasteiger partial charge >= 0.3 is 5.97 Å². The molecule has 0 spiro atoms. The number of ether oxygens (including phenoxy) is 3. The highest BCUT2D eigenvalue weighted by atomic mass is 16.5. The van der Waals surface area contributed by atoms with Gasteiger partial charge in [0.2, 0.25) is 0 Å². The number of benzene rings is 2. The van der Waals surface area contributed by atoms with E-state index in [4.69, 9.17) is 14.2 Å². The molecule has 5 nitrogen and oxygen atoms in total. The summed E-state index contributed by atoms with van der Waals surface area (Å²) in [4.78, 5) is 24.0. The van der Waals surface area contributed by atoms with E-state index in [0.717, 1.165) is 11.3 Å². The Morgan fingerprint density at radius 2 is 1.58 bits per heavy atom. The molecule has 0 aliphatic carbocycles. The molecule has 0 saturated heterocycles. The van der Waals surface area contributed by atoms with Crippen LogP contribution in [0.4, 0.5) is 0 Å². The van der Waals surface area contributed by atoms with Crippen molar-refractivity contribution in [2.45, 2.75) is 26.7 Å². The van der Waals surface area contributed by atoms with E-state index in [1.165, 1.54) is 0 Å². The fourth-order valence-corrected chi connectivity index (χ4v) is 2.45. The number of hydrogen-bond donors (Lipinski definition) is 0. The van der Waals surface area contributed by atoms with Gasteiger partial charge in [-0.15, -0.1) is 0 Å². The molecule has 2 aromatic rings. The fourth-order valence-electron chi connectivity index (χ4n) is 2.45. The zero-order chi connectivity index (χ0) is 18.8. The third-order valence-corrected chi connectivity index (χ3v) is 3.72. The lowest BCUT2D eigenvalue weighted by molar-refractivity contribution is -0.142. The number of hydrogen-bond acceptors (Lipinski definition) is 5. The molecule has 0 aliphatic rings. The van der Waals surface area contributed by atoms with Crippen molar-refractivity contribution < 1.29 is 23.8 Å². The number of carbonyl (C=O) groups is 2. The molecule has 2 aromatic carbocycles. The van der Waals surface area contributed by atoms with Crippen LogP contribution in [0.3, 0.4) is 0 Å². The molecule has 0 amide bonds. The average Bonchev–Trinajstić information content (AvgIpc) is 2.66. The van der Waals surface area contributed by atoms with Crippen LogP contribution in [0.25, 0.3) is 0 Å². The van der Waals surface area contributed by atoms with E-state index in [-0.39, 0.29) is 18.8 Å². The minimum Gasteiger partial charge on any atom is -0.494 e. The van der Waals surface area contributed by atoms with Crippen LogP contribution in [-0.4, -0.2) is 31.6 Å². The Morgan fingerprint density at radius 3 is 2.27 bits per heavy atom. The zero-order valence-corrected chi connectivity index (χ0v) is 15.2. The molecule has 26 heavy (non-hydrogen) atoms. The third kappa shape index (κ3) is 5.92. The highest BCUT2D eigenvalue weighted by Gasteiger charge is 2.11. The number of Topliss-reactive ketones (excluding diaryl/α,β-unsaturated/α-hetero) is 1. The van der Waals surface area contributed by atoms with Crippen LogP contribution < -0.4 is 9.47 Å². The maximum absolute atomic E-state index is 12.1. The Morgan fingerprint density at radius 1 is 0.885 bits per heavy atom. The number of aryl methyl sites for hydroxylation is 1. The minimum atomic E-state index is -0.407. The van der Waals surface area contributed by atoms with Crippen molar-refractivity contribution >= 4 is 11.8 Å². The Hall–Kier alpha value is -2.82. The number of para-hydroxylation sites is 1. The smallest absolute Gasteiger partial charge is 0.306 e. The number of carbonyl (C=O) groups excluding carboxylic acids is 2. The van der Waals surface area contributed by atoms with Gasteiger partial charge in [-0.1, -0.05) is 18.2 Å². The van der Waals surface area contributed by atoms with E-state index in [1.807, 2.05) is 38.1 Å². The van der Waals surface area contributed by atoms with E-state index in [0.29, 0.717) is 30.9 Å². The Bertz CT molecular complexity index is 721. The van der Waals surface area contributed by atoms with Crippen LogP contribution in [0.1, 0.15) is 36.2 Å². The lowest BCUT2D eigenvalue weighted by atomic mass is 10.1. The van der Waals surface area contributed by atoms with Crippen LogP contribution in [0, 0.1) is 0 Å². The maximum atomic E-state index is 12.1. The molecule has 0 radical (unpaired) electrons. The van der Waals surface area contributed by atoms with Gasteiger partial charge in [-0.05, 0) is 56.2 Å². The first-order chi connectivity index (χ1) is 12.6. The fraction of sp³-hybridized carbons (Fsp3) is 0.333. The normalized spacial score (nSPS) is 10.2. The largest absolute Gasteiger partial charge is 0.494 e. The van der Waals surface area contributed by atoms with Gasteiger partial charge in [0.05, 0.1) is 13.2 Å². The molecular formula is C21H24O5. The predicted octanol–water partition coefficient (Wildman–Crippen LogP) is 3.84. The van der Waals surface area contributed by atoms with Crippen molar-refractivity contribution in [3.63, 3.8) is 0 Å². The first-order valence-corrected chi connectivity index (χ1v) is 8.76. The standard InChI is InChI=1S/C21H24O5/c1-3-24-18-12-9-16(10-13-18)19(22)15-26-21(23)14-11-17-7-5-6-8-20(17)25-4-2/h5-10,12-13H,3-4,11,14-15H2,1-2H3. The summed E-state index contributed by atoms with van der Waals surface area (Å²) in [5.41, 5.74) is 1.44. The number of esters is 1. The van der Waals surface area contributed by atoms with Gasteiger partial charge in [0.1, 0.15) is 11.5 Å². The van der Waals surface area contributed by atoms with Crippen molar-refractivity contribution in [3.05, 3.63) is 59.7 Å². The SMILES string of the molecule is CCOc1ccc(C(=O)COC(=O)CCc2ccccc2OCC)cc1. The van der Waals surface area contributed by atoms with Gasteiger partial charge in [-0.25, -0.2) is 0 Å². The van der Waals surface area contributed by atoms with Gasteiger partial charge < -0.3 is 14.2 Å². The molecule has 0 atom stereocenters. The van der Waals surface area contributed by atoms with E-state index >= 15 is 0 Å². The summed E-state index contributed by atoms with van der Waals surface area (Å²) < 4.78 is 16.0. The van der Waals surface area contributed by atoms with E-state index < -0.39 is 5.97 Å². The predicted molar refractivity (Wildman–Crippen MR) is 98.8 cm³/mol. The number of rotatable bonds is 10. The molecule has 0 aliphatic heterocycles. The van der Waals surface area contributed by atoms with E-state index in [1.54, 1.807) is 24.3 Å². The van der Waals surface area contributed by atoms with Crippen LogP contribution in [0.5, 0.6) is 11.5 Å². The molecular weight excluding hydrogens is 332 g/mol. The van der Waals surface area contributed by atoms with Crippen molar-refractivity contribution in [3.8, 4) is 11.5 Å². The molecule has 0 unspecified atom stereocenters. The summed E-state index contributed by atoms with van der Waals surface area (Å²) in [6.07, 6.45) is 0.701. The van der Waals surface area contributed by atoms with Gasteiger partial charge in [0.25, 0.3) is 0 Å². The lowest BCUT2D eigenvalue weighted by Crippen LogP contribution is -2.14. The van der Waals surface area contributed by atoms with E-state index in [9.17, 15) is 9.59 Å². The second kappa shape index (κ2) is 10.2. The second-order valence-electron chi connectivity index (χ2n) is 5.58. The molecule has 0 N–H and O–H groups in total. The van der Waals surface area contributed by atoms with Gasteiger partial charge in [-0.2, -0.15) is 0 Å². The molecule has 138 valence electrons. The van der Waals surface area contributed by atoms with Crippen LogP contribution in [-0.2, 0) is 16.0 Å². The summed E-state index contributed by atoms with van der Waals surface area (Å²) in [6, 6.07) is 14.4. The topological polar surface area (TPSA) is 61.8 Å². The summed E-state index contributed by atoms with van der Waals surface area (Å²) >= 11 is 0. The van der Waals surface area contributed by atoms with Gasteiger partial charge in [0, 0.05) is 12.0 Å². The summed E-state index contributed by atoms with van der Waals surface area (Å²) in [7, 11) is 0. The molecule has 0 saturated carbocycles. The number of ketones is 1. The summed E-state index contributed by atoms with van der Waals surface area (Å²) in [6.45, 7) is 4.68. The van der Waals surface area contributed by atoms with Crippen LogP contribution >= 0.6 is 0 Å². The monoisotopic (exact) mass is 356 g/mol. The molecule has 0 heterocycles. The van der Waals surface area contributed by atoms with Crippen molar-refractivity contribution in [2.75, 3.05) is 19.8 Å². The summed E-state index contributed by atoms with van der Waals surface area (Å²) in [5, 5.41) is 0. The van der Waals surface area contributed by atoms with E-state index in [2.05, 4.69) is 0 Å². The lowest BCUT2D eigenvalue weighted by Gasteiger charge is -2.10. The third-order valence-electron chi connectivity index (χ3n) is 3.72. The molecule has 0 bridgehead atoms. The zero-order valence-electron chi connectivity index (χ0n) is 15.2. The maximum Gasteiger partial charge on any atom is 0.306 e. The van der Waals surface area contributed by atoms with Crippen LogP contribution in [0.2, 0.25) is 0 Å². The van der Waals surface area contributed by atoms with Gasteiger partial charge in [-0.3, -0.25) is 9.59 Å². The highest BCUT2D eigenvalue weighted by molar-refractivity contribution is 5.98. The Labute approximate surface area is 153 Å². The Balaban J connectivity index is 1.80. The van der Waals surface area contributed by atoms with Crippen LogP contribution in [0.15, 0.2) is 48.5 Å². The van der Waals surface area contributed by atoms with Gasteiger partial charge in [0.15, 0.2) is 12.4 Å². The average molecular weight is 356 g/mol. The first-order valence-electron chi connectivity index (χ1n) is 8.76. The first kappa shape index (κ1) is 19.5.